The molecule has 1 fully saturated rings. The fourth-order valence-corrected chi connectivity index (χ4v) is 1.81. The minimum atomic E-state index is -1.46. The highest BCUT2D eigenvalue weighted by Gasteiger charge is 2.39. The van der Waals surface area contributed by atoms with Gasteiger partial charge in [-0.15, -0.1) is 0 Å². The molecule has 1 aliphatic heterocycles. The molecular weight excluding hydrogens is 244 g/mol. The quantitative estimate of drug-likeness (QED) is 0.440. The second kappa shape index (κ2) is 4.65. The number of aryl methyl sites for hydroxylation is 1. The Morgan fingerprint density at radius 2 is 2.00 bits per heavy atom. The molecule has 1 aromatic heterocycles. The summed E-state index contributed by atoms with van der Waals surface area (Å²) in [6.07, 6.45) is -4.00. The van der Waals surface area contributed by atoms with Gasteiger partial charge in [-0.3, -0.25) is 14.3 Å². The molecule has 0 radical (unpaired) electrons. The number of aromatic amines is 1. The molecule has 0 aromatic carbocycles. The Morgan fingerprint density at radius 3 is 2.67 bits per heavy atom. The Balaban J connectivity index is 2.41. The first kappa shape index (κ1) is 13.0. The molecule has 4 N–H and O–H groups in total. The first-order chi connectivity index (χ1) is 8.41. The van der Waals surface area contributed by atoms with E-state index < -0.39 is 35.8 Å². The van der Waals surface area contributed by atoms with Crippen LogP contribution in [0.15, 0.2) is 15.8 Å². The van der Waals surface area contributed by atoms with Gasteiger partial charge in [0.15, 0.2) is 6.23 Å². The number of H-pyrrole nitrogens is 1. The van der Waals surface area contributed by atoms with Gasteiger partial charge in [-0.2, -0.15) is 0 Å². The van der Waals surface area contributed by atoms with E-state index in [-0.39, 0.29) is 12.2 Å². The summed E-state index contributed by atoms with van der Waals surface area (Å²) >= 11 is 0. The lowest BCUT2D eigenvalue weighted by atomic mass is 10.0. The predicted octanol–water partition coefficient (Wildman–Crippen LogP) is -2.54. The molecule has 1 saturated heterocycles. The summed E-state index contributed by atoms with van der Waals surface area (Å²) in [7, 11) is 0. The van der Waals surface area contributed by atoms with Gasteiger partial charge in [0.05, 0.1) is 6.61 Å². The molecule has 8 nitrogen and oxygen atoms in total. The molecule has 2 heterocycles. The van der Waals surface area contributed by atoms with Crippen molar-refractivity contribution in [3.8, 4) is 0 Å². The largest absolute Gasteiger partial charge is 0.388 e. The number of nitrogens with zero attached hydrogens (tertiary/aromatic N) is 1. The van der Waals surface area contributed by atoms with Crippen molar-refractivity contribution < 1.29 is 20.1 Å². The highest BCUT2D eigenvalue weighted by molar-refractivity contribution is 5.02. The number of hydrogen-bond donors (Lipinski definition) is 4. The van der Waals surface area contributed by atoms with E-state index in [4.69, 9.17) is 4.74 Å². The SMILES string of the molecule is Cc1cn([C@@H]2OC[C@@H](O)[C@@H](O)[C@H]2O)c(=O)[nH]c1=O. The van der Waals surface area contributed by atoms with Gasteiger partial charge in [0.1, 0.15) is 18.3 Å². The molecule has 4 atom stereocenters. The molecule has 2 rings (SSSR count). The average molecular weight is 258 g/mol. The molecule has 0 saturated carbocycles. The minimum absolute atomic E-state index is 0.215. The second-order valence-corrected chi connectivity index (χ2v) is 4.25. The molecule has 0 unspecified atom stereocenters. The number of ether oxygens (including phenoxy) is 1. The second-order valence-electron chi connectivity index (χ2n) is 4.25. The Kier molecular flexibility index (Phi) is 3.35. The van der Waals surface area contributed by atoms with Crippen molar-refractivity contribution in [3.05, 3.63) is 32.6 Å². The lowest BCUT2D eigenvalue weighted by Gasteiger charge is -2.35. The van der Waals surface area contributed by atoms with Crippen LogP contribution in [-0.2, 0) is 4.74 Å². The van der Waals surface area contributed by atoms with Crippen molar-refractivity contribution in [2.24, 2.45) is 0 Å². The fourth-order valence-electron chi connectivity index (χ4n) is 1.81. The molecule has 8 heteroatoms. The summed E-state index contributed by atoms with van der Waals surface area (Å²) in [5, 5.41) is 28.6. The fraction of sp³-hybridized carbons (Fsp3) is 0.600. The van der Waals surface area contributed by atoms with E-state index in [2.05, 4.69) is 4.98 Å². The molecule has 0 aliphatic carbocycles. The molecular formula is C10H14N2O6. The summed E-state index contributed by atoms with van der Waals surface area (Å²) in [5.74, 6) is 0. The van der Waals surface area contributed by atoms with Crippen LogP contribution in [0.3, 0.4) is 0 Å². The number of hydrogen-bond acceptors (Lipinski definition) is 6. The van der Waals surface area contributed by atoms with Gasteiger partial charge in [0, 0.05) is 11.8 Å². The summed E-state index contributed by atoms with van der Waals surface area (Å²) in [6, 6.07) is 0. The standard InChI is InChI=1S/C10H14N2O6/c1-4-2-12(10(17)11-8(4)16)9-7(15)6(14)5(13)3-18-9/h2,5-7,9,13-15H,3H2,1H3,(H,11,16,17)/t5-,6-,7-,9-/m1/s1. The number of aliphatic hydroxyl groups is 3. The van der Waals surface area contributed by atoms with Gasteiger partial charge in [0.2, 0.25) is 0 Å². The maximum atomic E-state index is 11.6. The summed E-state index contributed by atoms with van der Waals surface area (Å²) in [6.45, 7) is 1.28. The molecule has 0 spiro atoms. The molecule has 1 aromatic rings. The molecule has 0 amide bonds. The number of aliphatic hydroxyl groups excluding tert-OH is 3. The lowest BCUT2D eigenvalue weighted by molar-refractivity contribution is -0.212. The first-order valence-electron chi connectivity index (χ1n) is 5.39. The van der Waals surface area contributed by atoms with Crippen molar-refractivity contribution in [3.63, 3.8) is 0 Å². The van der Waals surface area contributed by atoms with Crippen LogP contribution in [0.1, 0.15) is 11.8 Å². The van der Waals surface area contributed by atoms with Crippen molar-refractivity contribution in [2.75, 3.05) is 6.61 Å². The smallest absolute Gasteiger partial charge is 0.330 e. The van der Waals surface area contributed by atoms with Gasteiger partial charge in [0.25, 0.3) is 5.56 Å². The molecule has 1 aliphatic rings. The van der Waals surface area contributed by atoms with Crippen molar-refractivity contribution in [1.82, 2.24) is 9.55 Å². The van der Waals surface area contributed by atoms with Crippen LogP contribution in [0.4, 0.5) is 0 Å². The summed E-state index contributed by atoms with van der Waals surface area (Å²) in [4.78, 5) is 24.9. The number of rotatable bonds is 1. The zero-order chi connectivity index (χ0) is 13.4. The monoisotopic (exact) mass is 258 g/mol. The molecule has 0 bridgehead atoms. The van der Waals surface area contributed by atoms with Gasteiger partial charge < -0.3 is 20.1 Å². The normalized spacial score (nSPS) is 32.4. The Labute approximate surface area is 101 Å². The van der Waals surface area contributed by atoms with E-state index in [0.717, 1.165) is 4.57 Å². The third kappa shape index (κ3) is 2.10. The van der Waals surface area contributed by atoms with Crippen LogP contribution in [0.5, 0.6) is 0 Å². The van der Waals surface area contributed by atoms with Crippen LogP contribution in [0.2, 0.25) is 0 Å². The maximum absolute atomic E-state index is 11.6. The van der Waals surface area contributed by atoms with E-state index in [1.165, 1.54) is 13.1 Å². The number of nitrogens with one attached hydrogen (secondary N) is 1. The van der Waals surface area contributed by atoms with Gasteiger partial charge in [-0.05, 0) is 6.92 Å². The van der Waals surface area contributed by atoms with Crippen LogP contribution in [0.25, 0.3) is 0 Å². The van der Waals surface area contributed by atoms with E-state index in [1.807, 2.05) is 0 Å². The lowest BCUT2D eigenvalue weighted by Crippen LogP contribution is -2.52. The topological polar surface area (TPSA) is 125 Å². The Morgan fingerprint density at radius 1 is 1.33 bits per heavy atom. The summed E-state index contributed by atoms with van der Waals surface area (Å²) in [5.41, 5.74) is -1.01. The molecule has 100 valence electrons. The highest BCUT2D eigenvalue weighted by Crippen LogP contribution is 2.22. The van der Waals surface area contributed by atoms with Gasteiger partial charge in [-0.25, -0.2) is 4.79 Å². The third-order valence-corrected chi connectivity index (χ3v) is 2.89. The highest BCUT2D eigenvalue weighted by atomic mass is 16.5. The van der Waals surface area contributed by atoms with Crippen molar-refractivity contribution in [1.29, 1.82) is 0 Å². The van der Waals surface area contributed by atoms with Crippen molar-refractivity contribution >= 4 is 0 Å². The summed E-state index contributed by atoms with van der Waals surface area (Å²) < 4.78 is 6.10. The third-order valence-electron chi connectivity index (χ3n) is 2.89. The number of aromatic nitrogens is 2. The van der Waals surface area contributed by atoms with E-state index in [9.17, 15) is 24.9 Å². The zero-order valence-electron chi connectivity index (χ0n) is 9.61. The van der Waals surface area contributed by atoms with Gasteiger partial charge in [-0.1, -0.05) is 0 Å². The van der Waals surface area contributed by atoms with Crippen LogP contribution in [-0.4, -0.2) is 49.8 Å². The van der Waals surface area contributed by atoms with Crippen LogP contribution >= 0.6 is 0 Å². The van der Waals surface area contributed by atoms with Crippen LogP contribution < -0.4 is 11.2 Å². The van der Waals surface area contributed by atoms with Crippen molar-refractivity contribution in [2.45, 2.75) is 31.5 Å². The Bertz CT molecular complexity index is 550. The van der Waals surface area contributed by atoms with Gasteiger partial charge >= 0.3 is 5.69 Å². The molecule has 18 heavy (non-hydrogen) atoms. The predicted molar refractivity (Wildman–Crippen MR) is 59.1 cm³/mol. The van der Waals surface area contributed by atoms with E-state index in [0.29, 0.717) is 0 Å². The average Bonchev–Trinajstić information content (AvgIpc) is 2.32. The first-order valence-corrected chi connectivity index (χ1v) is 5.39. The maximum Gasteiger partial charge on any atom is 0.330 e. The van der Waals surface area contributed by atoms with E-state index in [1.54, 1.807) is 0 Å². The Hall–Kier alpha value is -1.48. The zero-order valence-corrected chi connectivity index (χ0v) is 9.61. The minimum Gasteiger partial charge on any atom is -0.388 e. The van der Waals surface area contributed by atoms with Crippen LogP contribution in [0, 0.1) is 6.92 Å². The van der Waals surface area contributed by atoms with E-state index >= 15 is 0 Å².